The number of methoxy groups -OCH3 is 1. The van der Waals surface area contributed by atoms with Gasteiger partial charge in [0.2, 0.25) is 5.78 Å². The third-order valence-corrected chi connectivity index (χ3v) is 6.55. The van der Waals surface area contributed by atoms with E-state index in [9.17, 15) is 4.79 Å². The van der Waals surface area contributed by atoms with Crippen LogP contribution in [-0.4, -0.2) is 51.4 Å². The van der Waals surface area contributed by atoms with Crippen LogP contribution in [0.4, 0.5) is 0 Å². The largest absolute Gasteiger partial charge is 0.497 e. The highest BCUT2D eigenvalue weighted by atomic mass is 16.5. The van der Waals surface area contributed by atoms with E-state index in [0.29, 0.717) is 12.1 Å². The van der Waals surface area contributed by atoms with Crippen LogP contribution in [0.25, 0.3) is 28.1 Å². The van der Waals surface area contributed by atoms with Gasteiger partial charge in [0.15, 0.2) is 5.78 Å². The number of likely N-dealkylation sites (tertiary alicyclic amines) is 1. The molecule has 0 bridgehead atoms. The highest BCUT2D eigenvalue weighted by Gasteiger charge is 2.25. The Kier molecular flexibility index (Phi) is 5.70. The maximum atomic E-state index is 13.2. The number of hydrogen-bond donors (Lipinski definition) is 0. The van der Waals surface area contributed by atoms with Crippen LogP contribution in [0.2, 0.25) is 0 Å². The summed E-state index contributed by atoms with van der Waals surface area (Å²) >= 11 is 0. The minimum Gasteiger partial charge on any atom is -0.497 e. The molecule has 0 radical (unpaired) electrons. The fourth-order valence-corrected chi connectivity index (χ4v) is 4.83. The smallest absolute Gasteiger partial charge is 0.216 e. The van der Waals surface area contributed by atoms with Gasteiger partial charge >= 0.3 is 0 Å². The zero-order valence-corrected chi connectivity index (χ0v) is 18.9. The Balaban J connectivity index is 1.67. The third-order valence-electron chi connectivity index (χ3n) is 6.55. The van der Waals surface area contributed by atoms with Crippen molar-refractivity contribution in [3.63, 3.8) is 0 Å². The summed E-state index contributed by atoms with van der Waals surface area (Å²) in [6.45, 7) is 6.10. The number of carbonyl (C=O) groups is 1. The lowest BCUT2D eigenvalue weighted by molar-refractivity contribution is 0.0983. The van der Waals surface area contributed by atoms with Crippen molar-refractivity contribution in [2.75, 3.05) is 26.7 Å². The fraction of sp³-hybridized carbons (Fsp3) is 0.385. The molecule has 1 saturated heterocycles. The molecule has 0 N–H and O–H groups in total. The van der Waals surface area contributed by atoms with Crippen LogP contribution in [0, 0.1) is 0 Å². The van der Waals surface area contributed by atoms with E-state index < -0.39 is 0 Å². The lowest BCUT2D eigenvalue weighted by Crippen LogP contribution is -2.32. The van der Waals surface area contributed by atoms with Gasteiger partial charge in [-0.25, -0.2) is 4.98 Å². The van der Waals surface area contributed by atoms with E-state index in [0.717, 1.165) is 46.9 Å². The van der Waals surface area contributed by atoms with E-state index in [-0.39, 0.29) is 5.78 Å². The van der Waals surface area contributed by atoms with Crippen molar-refractivity contribution in [2.45, 2.75) is 39.2 Å². The van der Waals surface area contributed by atoms with Crippen LogP contribution in [0.1, 0.15) is 43.1 Å². The molecule has 6 nitrogen and oxygen atoms in total. The Morgan fingerprint density at radius 3 is 2.38 bits per heavy atom. The average Bonchev–Trinajstić information content (AvgIpc) is 3.38. The second-order valence-electron chi connectivity index (χ2n) is 8.49. The Bertz CT molecular complexity index is 1250. The molecule has 0 saturated carbocycles. The summed E-state index contributed by atoms with van der Waals surface area (Å²) in [7, 11) is 1.66. The monoisotopic (exact) mass is 430 g/mol. The molecule has 1 aliphatic heterocycles. The van der Waals surface area contributed by atoms with E-state index in [1.807, 2.05) is 37.3 Å². The van der Waals surface area contributed by atoms with Crippen LogP contribution in [0.15, 0.2) is 48.5 Å². The van der Waals surface area contributed by atoms with Crippen LogP contribution >= 0.6 is 0 Å². The molecule has 0 aliphatic carbocycles. The number of hydrogen-bond acceptors (Lipinski definition) is 4. The molecule has 4 aromatic rings. The quantitative estimate of drug-likeness (QED) is 0.385. The van der Waals surface area contributed by atoms with Gasteiger partial charge in [-0.15, -0.1) is 0 Å². The maximum absolute atomic E-state index is 13.2. The van der Waals surface area contributed by atoms with Crippen LogP contribution < -0.4 is 4.74 Å². The molecule has 3 heterocycles. The number of ketones is 1. The first-order valence-electron chi connectivity index (χ1n) is 11.6. The molecule has 166 valence electrons. The maximum Gasteiger partial charge on any atom is 0.216 e. The van der Waals surface area contributed by atoms with Crippen LogP contribution in [-0.2, 0) is 6.54 Å². The van der Waals surface area contributed by atoms with E-state index >= 15 is 0 Å². The number of benzene rings is 2. The first-order valence-corrected chi connectivity index (χ1v) is 11.6. The van der Waals surface area contributed by atoms with Gasteiger partial charge in [0.1, 0.15) is 17.1 Å². The second kappa shape index (κ2) is 8.79. The number of carbonyl (C=O) groups excluding carboxylic acids is 1. The molecule has 2 aromatic carbocycles. The Morgan fingerprint density at radius 1 is 0.969 bits per heavy atom. The molecular formula is C26H30N4O2. The number of aromatic nitrogens is 3. The first kappa shape index (κ1) is 20.8. The Morgan fingerprint density at radius 2 is 1.69 bits per heavy atom. The summed E-state index contributed by atoms with van der Waals surface area (Å²) in [5, 5.41) is 0. The molecule has 0 amide bonds. The highest BCUT2D eigenvalue weighted by molar-refractivity contribution is 6.03. The normalized spacial score (nSPS) is 14.9. The van der Waals surface area contributed by atoms with Gasteiger partial charge in [-0.2, -0.15) is 0 Å². The van der Waals surface area contributed by atoms with Crippen molar-refractivity contribution < 1.29 is 9.53 Å². The predicted octanol–water partition coefficient (Wildman–Crippen LogP) is 5.04. The molecule has 6 heteroatoms. The number of Topliss-reactive ketones (excluding diaryl/α,β-unsaturated/α-hetero) is 1. The summed E-state index contributed by atoms with van der Waals surface area (Å²) < 4.78 is 9.66. The van der Waals surface area contributed by atoms with E-state index in [2.05, 4.69) is 32.1 Å². The molecule has 0 unspecified atom stereocenters. The van der Waals surface area contributed by atoms with E-state index in [1.54, 1.807) is 7.11 Å². The number of piperidine rings is 1. The lowest BCUT2D eigenvalue weighted by Gasteiger charge is -2.26. The van der Waals surface area contributed by atoms with Gasteiger partial charge < -0.3 is 14.2 Å². The van der Waals surface area contributed by atoms with Gasteiger partial charge in [0.05, 0.1) is 18.1 Å². The lowest BCUT2D eigenvalue weighted by atomic mass is 10.1. The molecular weight excluding hydrogens is 400 g/mol. The number of rotatable bonds is 7. The highest BCUT2D eigenvalue weighted by Crippen LogP contribution is 2.31. The summed E-state index contributed by atoms with van der Waals surface area (Å²) in [6.07, 6.45) is 4.33. The number of para-hydroxylation sites is 2. The molecule has 0 spiro atoms. The third kappa shape index (κ3) is 3.58. The molecule has 0 atom stereocenters. The van der Waals surface area contributed by atoms with Gasteiger partial charge in [0.25, 0.3) is 0 Å². The predicted molar refractivity (Wildman–Crippen MR) is 128 cm³/mol. The fourth-order valence-electron chi connectivity index (χ4n) is 4.83. The molecule has 1 aliphatic rings. The van der Waals surface area contributed by atoms with Crippen molar-refractivity contribution >= 4 is 22.6 Å². The first-order chi connectivity index (χ1) is 15.7. The standard InChI is InChI=1S/C26H30N4O2/c1-3-23(31)25-24(19-11-13-20(32-2)14-12-19)27-26-29(18-17-28-15-7-4-8-16-28)21-9-5-6-10-22(21)30(25)26/h5-6,9-14H,3-4,7-8,15-18H2,1-2H3. The van der Waals surface area contributed by atoms with Gasteiger partial charge in [-0.05, 0) is 62.3 Å². The van der Waals surface area contributed by atoms with Crippen LogP contribution in [0.3, 0.4) is 0 Å². The zero-order valence-electron chi connectivity index (χ0n) is 18.9. The molecule has 2 aromatic heterocycles. The van der Waals surface area contributed by atoms with Gasteiger partial charge in [-0.1, -0.05) is 25.5 Å². The minimum absolute atomic E-state index is 0.0993. The summed E-state index contributed by atoms with van der Waals surface area (Å²) in [5.41, 5.74) is 4.49. The Labute approximate surface area is 188 Å². The second-order valence-corrected chi connectivity index (χ2v) is 8.49. The van der Waals surface area contributed by atoms with Crippen molar-refractivity contribution in [3.8, 4) is 17.0 Å². The van der Waals surface area contributed by atoms with E-state index in [4.69, 9.17) is 9.72 Å². The molecule has 32 heavy (non-hydrogen) atoms. The average molecular weight is 431 g/mol. The topological polar surface area (TPSA) is 51.8 Å². The van der Waals surface area contributed by atoms with Crippen molar-refractivity contribution in [3.05, 3.63) is 54.2 Å². The summed E-state index contributed by atoms with van der Waals surface area (Å²) in [5.74, 6) is 1.73. The summed E-state index contributed by atoms with van der Waals surface area (Å²) in [4.78, 5) is 20.8. The number of fused-ring (bicyclic) bond motifs is 3. The molecule has 1 fully saturated rings. The number of nitrogens with zero attached hydrogens (tertiary/aromatic N) is 4. The minimum atomic E-state index is 0.0993. The van der Waals surface area contributed by atoms with Crippen molar-refractivity contribution in [1.29, 1.82) is 0 Å². The number of ether oxygens (including phenoxy) is 1. The SMILES string of the molecule is CCC(=O)c1c(-c2ccc(OC)cc2)nc2n(CCN3CCCCC3)c3ccccc3n12. The van der Waals surface area contributed by atoms with Gasteiger partial charge in [-0.3, -0.25) is 9.20 Å². The van der Waals surface area contributed by atoms with Gasteiger partial charge in [0, 0.05) is 25.1 Å². The summed E-state index contributed by atoms with van der Waals surface area (Å²) in [6, 6.07) is 16.1. The van der Waals surface area contributed by atoms with Crippen LogP contribution in [0.5, 0.6) is 5.75 Å². The Hall–Kier alpha value is -3.12. The van der Waals surface area contributed by atoms with Crippen molar-refractivity contribution in [2.24, 2.45) is 0 Å². The van der Waals surface area contributed by atoms with E-state index in [1.165, 1.54) is 32.4 Å². The zero-order chi connectivity index (χ0) is 22.1. The van der Waals surface area contributed by atoms with Crippen molar-refractivity contribution in [1.82, 2.24) is 18.9 Å². The number of imidazole rings is 2. The molecule has 5 rings (SSSR count).